The van der Waals surface area contributed by atoms with E-state index in [-0.39, 0.29) is 0 Å². The van der Waals surface area contributed by atoms with Crippen LogP contribution in [-0.2, 0) is 21.5 Å². The standard InChI is InChI=1S/C43H39N3O3/c1-42(2)41(40(48)29-47)46(30-45(42)28-31-25-26-44-39-24-23-37(49-3)27-38(31)39)36-21-19-35(20-22-36)43(32-13-7-4-8-14-32,33-15-9-5-10-16-33)34-17-11-6-12-18-34/h4-27,29,41H,28,30H2,1-3H3. The van der Waals surface area contributed by atoms with Crippen molar-refractivity contribution in [1.82, 2.24) is 9.88 Å². The second-order valence-electron chi connectivity index (χ2n) is 13.1. The Morgan fingerprint density at radius 2 is 1.35 bits per heavy atom. The summed E-state index contributed by atoms with van der Waals surface area (Å²) in [6, 6.07) is 47.5. The van der Waals surface area contributed by atoms with Crippen molar-refractivity contribution in [2.24, 2.45) is 0 Å². The predicted molar refractivity (Wildman–Crippen MR) is 195 cm³/mol. The highest BCUT2D eigenvalue weighted by atomic mass is 16.5. The van der Waals surface area contributed by atoms with E-state index in [0.717, 1.165) is 50.2 Å². The number of ketones is 1. The van der Waals surface area contributed by atoms with Crippen molar-refractivity contribution in [3.05, 3.63) is 174 Å². The molecule has 1 aromatic heterocycles. The first-order valence-corrected chi connectivity index (χ1v) is 16.6. The minimum Gasteiger partial charge on any atom is -0.497 e. The molecule has 0 spiro atoms. The molecule has 1 fully saturated rings. The summed E-state index contributed by atoms with van der Waals surface area (Å²) in [7, 11) is 1.66. The van der Waals surface area contributed by atoms with Crippen molar-refractivity contribution < 1.29 is 14.3 Å². The molecule has 1 unspecified atom stereocenters. The van der Waals surface area contributed by atoms with E-state index in [1.54, 1.807) is 7.11 Å². The van der Waals surface area contributed by atoms with Crippen molar-refractivity contribution in [2.75, 3.05) is 18.7 Å². The average molecular weight is 646 g/mol. The van der Waals surface area contributed by atoms with Crippen LogP contribution in [0.25, 0.3) is 10.9 Å². The summed E-state index contributed by atoms with van der Waals surface area (Å²) in [6.07, 6.45) is 2.28. The maximum absolute atomic E-state index is 13.4. The molecule has 5 aromatic carbocycles. The Labute approximate surface area is 287 Å². The smallest absolute Gasteiger partial charge is 0.219 e. The highest BCUT2D eigenvalue weighted by molar-refractivity contribution is 6.29. The molecule has 1 aliphatic heterocycles. The maximum Gasteiger partial charge on any atom is 0.219 e. The molecule has 0 amide bonds. The fourth-order valence-electron chi connectivity index (χ4n) is 7.67. The largest absolute Gasteiger partial charge is 0.497 e. The zero-order valence-electron chi connectivity index (χ0n) is 28.0. The average Bonchev–Trinajstić information content (AvgIpc) is 3.42. The van der Waals surface area contributed by atoms with Crippen LogP contribution in [-0.4, -0.2) is 47.3 Å². The van der Waals surface area contributed by atoms with Crippen LogP contribution in [0.4, 0.5) is 5.69 Å². The number of aromatic nitrogens is 1. The number of anilines is 1. The minimum absolute atomic E-state index is 0.440. The number of fused-ring (bicyclic) bond motifs is 1. The van der Waals surface area contributed by atoms with Crippen molar-refractivity contribution in [3.8, 4) is 5.75 Å². The van der Waals surface area contributed by atoms with Gasteiger partial charge in [0.05, 0.1) is 24.7 Å². The fraction of sp³-hybridized carbons (Fsp3) is 0.186. The summed E-state index contributed by atoms with van der Waals surface area (Å²) < 4.78 is 5.51. The van der Waals surface area contributed by atoms with Gasteiger partial charge in [0, 0.05) is 29.4 Å². The third kappa shape index (κ3) is 5.58. The molecule has 0 radical (unpaired) electrons. The molecule has 0 N–H and O–H groups in total. The third-order valence-electron chi connectivity index (χ3n) is 10.2. The van der Waals surface area contributed by atoms with Gasteiger partial charge in [-0.15, -0.1) is 0 Å². The van der Waals surface area contributed by atoms with Crippen molar-refractivity contribution in [3.63, 3.8) is 0 Å². The van der Waals surface area contributed by atoms with Gasteiger partial charge in [-0.25, -0.2) is 0 Å². The van der Waals surface area contributed by atoms with Crippen LogP contribution in [0.5, 0.6) is 5.75 Å². The number of carbonyl (C=O) groups excluding carboxylic acids is 2. The van der Waals surface area contributed by atoms with Gasteiger partial charge in [0.2, 0.25) is 5.78 Å². The van der Waals surface area contributed by atoms with Gasteiger partial charge in [0.15, 0.2) is 6.29 Å². The molecule has 0 saturated carbocycles. The second-order valence-corrected chi connectivity index (χ2v) is 13.1. The number of benzene rings is 5. The lowest BCUT2D eigenvalue weighted by atomic mass is 9.65. The van der Waals surface area contributed by atoms with Gasteiger partial charge in [-0.1, -0.05) is 103 Å². The van der Waals surface area contributed by atoms with E-state index in [0.29, 0.717) is 19.5 Å². The Hall–Kier alpha value is -5.59. The van der Waals surface area contributed by atoms with Gasteiger partial charge in [0.1, 0.15) is 11.8 Å². The third-order valence-corrected chi connectivity index (χ3v) is 10.2. The number of hydrogen-bond acceptors (Lipinski definition) is 6. The monoisotopic (exact) mass is 645 g/mol. The number of Topliss-reactive ketones (excluding diaryl/α,β-unsaturated/α-hetero) is 1. The molecule has 1 aliphatic rings. The summed E-state index contributed by atoms with van der Waals surface area (Å²) in [4.78, 5) is 34.4. The molecule has 7 rings (SSSR count). The quantitative estimate of drug-likeness (QED) is 0.0860. The predicted octanol–water partition coefficient (Wildman–Crippen LogP) is 7.82. The molecular formula is C43H39N3O3. The molecule has 6 heteroatoms. The normalized spacial score (nSPS) is 16.1. The van der Waals surface area contributed by atoms with E-state index < -0.39 is 22.8 Å². The van der Waals surface area contributed by atoms with E-state index in [1.165, 1.54) is 0 Å². The van der Waals surface area contributed by atoms with Gasteiger partial charge in [-0.2, -0.15) is 0 Å². The highest BCUT2D eigenvalue weighted by Gasteiger charge is 2.50. The van der Waals surface area contributed by atoms with Crippen LogP contribution in [0, 0.1) is 0 Å². The Balaban J connectivity index is 1.31. The number of carbonyl (C=O) groups is 2. The van der Waals surface area contributed by atoms with E-state index >= 15 is 0 Å². The molecule has 0 bridgehead atoms. The first-order chi connectivity index (χ1) is 23.9. The van der Waals surface area contributed by atoms with Gasteiger partial charge in [-0.3, -0.25) is 19.5 Å². The van der Waals surface area contributed by atoms with Crippen LogP contribution < -0.4 is 9.64 Å². The molecule has 1 saturated heterocycles. The first kappa shape index (κ1) is 32.0. The molecule has 6 nitrogen and oxygen atoms in total. The summed E-state index contributed by atoms with van der Waals surface area (Å²) in [5.41, 5.74) is 6.17. The van der Waals surface area contributed by atoms with E-state index in [1.807, 2.05) is 62.5 Å². The number of pyridine rings is 1. The van der Waals surface area contributed by atoms with Gasteiger partial charge >= 0.3 is 0 Å². The minimum atomic E-state index is -0.666. The van der Waals surface area contributed by atoms with Crippen LogP contribution in [0.3, 0.4) is 0 Å². The summed E-state index contributed by atoms with van der Waals surface area (Å²) in [5, 5.41) is 0.998. The van der Waals surface area contributed by atoms with Gasteiger partial charge in [-0.05, 0) is 78.1 Å². The zero-order chi connectivity index (χ0) is 34.0. The van der Waals surface area contributed by atoms with Crippen molar-refractivity contribution in [2.45, 2.75) is 37.4 Å². The Morgan fingerprint density at radius 1 is 0.796 bits per heavy atom. The SMILES string of the molecule is COc1ccc2nccc(CN3CN(c4ccc(C(c5ccccc5)(c5ccccc5)c5ccccc5)cc4)C(C(=O)C=O)C3(C)C)c2c1. The molecule has 1 atom stereocenters. The lowest BCUT2D eigenvalue weighted by Crippen LogP contribution is -2.51. The lowest BCUT2D eigenvalue weighted by Gasteiger charge is -2.37. The van der Waals surface area contributed by atoms with E-state index in [4.69, 9.17) is 4.74 Å². The zero-order valence-corrected chi connectivity index (χ0v) is 28.0. The van der Waals surface area contributed by atoms with Gasteiger partial charge in [0.25, 0.3) is 0 Å². The molecule has 0 aliphatic carbocycles. The second kappa shape index (κ2) is 13.1. The Bertz CT molecular complexity index is 1980. The summed E-state index contributed by atoms with van der Waals surface area (Å²) >= 11 is 0. The maximum atomic E-state index is 13.4. The Kier molecular flexibility index (Phi) is 8.57. The number of aldehydes is 1. The molecule has 244 valence electrons. The number of hydrogen-bond donors (Lipinski definition) is 0. The molecular weight excluding hydrogens is 606 g/mol. The number of nitrogens with zero attached hydrogens (tertiary/aromatic N) is 3. The molecule has 49 heavy (non-hydrogen) atoms. The van der Waals surface area contributed by atoms with Crippen LogP contribution in [0.2, 0.25) is 0 Å². The van der Waals surface area contributed by atoms with E-state index in [9.17, 15) is 9.59 Å². The van der Waals surface area contributed by atoms with Crippen LogP contribution in [0.15, 0.2) is 146 Å². The Morgan fingerprint density at radius 3 is 1.88 bits per heavy atom. The lowest BCUT2D eigenvalue weighted by molar-refractivity contribution is -0.131. The number of rotatable bonds is 10. The van der Waals surface area contributed by atoms with Gasteiger partial charge < -0.3 is 9.64 Å². The highest BCUT2D eigenvalue weighted by Crippen LogP contribution is 2.46. The summed E-state index contributed by atoms with van der Waals surface area (Å²) in [5.74, 6) is 0.320. The number of ether oxygens (including phenoxy) is 1. The molecule has 2 heterocycles. The van der Waals surface area contributed by atoms with Crippen molar-refractivity contribution >= 4 is 28.7 Å². The van der Waals surface area contributed by atoms with Crippen molar-refractivity contribution in [1.29, 1.82) is 0 Å². The topological polar surface area (TPSA) is 62.7 Å². The van der Waals surface area contributed by atoms with E-state index in [2.05, 4.69) is 112 Å². The first-order valence-electron chi connectivity index (χ1n) is 16.6. The molecule has 6 aromatic rings. The van der Waals surface area contributed by atoms with Crippen LogP contribution in [0.1, 0.15) is 41.7 Å². The summed E-state index contributed by atoms with van der Waals surface area (Å²) in [6.45, 7) is 5.12. The fourth-order valence-corrected chi connectivity index (χ4v) is 7.67. The van der Waals surface area contributed by atoms with Crippen LogP contribution >= 0.6 is 0 Å². The number of methoxy groups -OCH3 is 1.